The lowest BCUT2D eigenvalue weighted by atomic mass is 9.60. The second-order valence-electron chi connectivity index (χ2n) is 7.51. The third-order valence-electron chi connectivity index (χ3n) is 6.33. The van der Waals surface area contributed by atoms with E-state index >= 15 is 0 Å². The first-order chi connectivity index (χ1) is 8.21. The molecule has 2 N–H and O–H groups in total. The summed E-state index contributed by atoms with van der Waals surface area (Å²) >= 11 is 0. The molecule has 0 aromatic heterocycles. The molecule has 3 fully saturated rings. The molecule has 2 aliphatic heterocycles. The van der Waals surface area contributed by atoms with Crippen molar-refractivity contribution in [2.45, 2.75) is 76.3 Å². The number of fused-ring (bicyclic) bond motifs is 4. The topological polar surface area (TPSA) is 49.7 Å². The fourth-order valence-corrected chi connectivity index (χ4v) is 4.89. The molecule has 3 heteroatoms. The van der Waals surface area contributed by atoms with Crippen LogP contribution in [-0.4, -0.2) is 33.1 Å². The normalized spacial score (nSPS) is 63.7. The summed E-state index contributed by atoms with van der Waals surface area (Å²) in [6.07, 6.45) is 3.35. The van der Waals surface area contributed by atoms with Crippen molar-refractivity contribution in [1.82, 2.24) is 0 Å². The summed E-state index contributed by atoms with van der Waals surface area (Å²) < 4.78 is 6.37. The number of aliphatic hydroxyl groups excluding tert-OH is 1. The lowest BCUT2D eigenvalue weighted by Gasteiger charge is -2.61. The molecule has 2 saturated heterocycles. The summed E-state index contributed by atoms with van der Waals surface area (Å²) in [5.41, 5.74) is -1.40. The predicted molar refractivity (Wildman–Crippen MR) is 69.1 cm³/mol. The van der Waals surface area contributed by atoms with Crippen molar-refractivity contribution in [3.63, 3.8) is 0 Å². The Morgan fingerprint density at radius 1 is 1.11 bits per heavy atom. The van der Waals surface area contributed by atoms with Gasteiger partial charge in [0.2, 0.25) is 0 Å². The first kappa shape index (κ1) is 12.9. The van der Waals surface area contributed by atoms with Crippen LogP contribution >= 0.6 is 0 Å². The van der Waals surface area contributed by atoms with Crippen LogP contribution < -0.4 is 0 Å². The van der Waals surface area contributed by atoms with Crippen LogP contribution in [0.5, 0.6) is 0 Å². The Labute approximate surface area is 110 Å². The Kier molecular flexibility index (Phi) is 2.51. The van der Waals surface area contributed by atoms with Crippen LogP contribution in [0.3, 0.4) is 0 Å². The molecule has 7 atom stereocenters. The van der Waals surface area contributed by atoms with Crippen molar-refractivity contribution >= 4 is 0 Å². The summed E-state index contributed by atoms with van der Waals surface area (Å²) in [6, 6.07) is 0. The van der Waals surface area contributed by atoms with Crippen molar-refractivity contribution in [1.29, 1.82) is 0 Å². The van der Waals surface area contributed by atoms with Gasteiger partial charge in [0.1, 0.15) is 0 Å². The molecule has 1 aliphatic carbocycles. The first-order valence-corrected chi connectivity index (χ1v) is 7.31. The quantitative estimate of drug-likeness (QED) is 0.696. The van der Waals surface area contributed by atoms with Crippen LogP contribution in [0.4, 0.5) is 0 Å². The van der Waals surface area contributed by atoms with E-state index < -0.39 is 17.3 Å². The molecule has 18 heavy (non-hydrogen) atoms. The Hall–Kier alpha value is -0.120. The van der Waals surface area contributed by atoms with E-state index in [1.807, 2.05) is 13.8 Å². The number of aliphatic hydroxyl groups is 2. The van der Waals surface area contributed by atoms with Gasteiger partial charge in [0.15, 0.2) is 0 Å². The maximum absolute atomic E-state index is 10.8. The number of hydrogen-bond donors (Lipinski definition) is 2. The molecular weight excluding hydrogens is 228 g/mol. The number of hydrogen-bond acceptors (Lipinski definition) is 3. The fraction of sp³-hybridized carbons (Fsp3) is 1.00. The summed E-state index contributed by atoms with van der Waals surface area (Å²) in [5, 5.41) is 21.4. The van der Waals surface area contributed by atoms with Gasteiger partial charge >= 0.3 is 0 Å². The van der Waals surface area contributed by atoms with Gasteiger partial charge in [-0.2, -0.15) is 0 Å². The van der Waals surface area contributed by atoms with Crippen LogP contribution in [0, 0.1) is 17.8 Å². The van der Waals surface area contributed by atoms with Gasteiger partial charge in [-0.3, -0.25) is 0 Å². The maximum Gasteiger partial charge on any atom is 0.0948 e. The summed E-state index contributed by atoms with van der Waals surface area (Å²) in [6.45, 7) is 8.26. The molecule has 2 heterocycles. The molecule has 0 radical (unpaired) electrons. The SMILES string of the molecule is CC1CCC2(C)OC1(C)C(O)C1C2CCC1(C)O. The van der Waals surface area contributed by atoms with Gasteiger partial charge in [-0.25, -0.2) is 0 Å². The second kappa shape index (κ2) is 3.50. The van der Waals surface area contributed by atoms with E-state index in [-0.39, 0.29) is 11.5 Å². The van der Waals surface area contributed by atoms with Gasteiger partial charge in [0, 0.05) is 5.92 Å². The summed E-state index contributed by atoms with van der Waals surface area (Å²) in [5.74, 6) is 0.602. The highest BCUT2D eigenvalue weighted by Gasteiger charge is 2.66. The Balaban J connectivity index is 2.06. The van der Waals surface area contributed by atoms with Crippen molar-refractivity contribution in [2.24, 2.45) is 17.8 Å². The number of ether oxygens (including phenoxy) is 1. The molecule has 3 aliphatic rings. The Morgan fingerprint density at radius 2 is 1.78 bits per heavy atom. The van der Waals surface area contributed by atoms with E-state index in [0.717, 1.165) is 25.7 Å². The van der Waals surface area contributed by atoms with E-state index in [4.69, 9.17) is 4.74 Å². The zero-order valence-electron chi connectivity index (χ0n) is 11.9. The summed E-state index contributed by atoms with van der Waals surface area (Å²) in [4.78, 5) is 0. The molecule has 0 aromatic carbocycles. The van der Waals surface area contributed by atoms with Gasteiger partial charge in [-0.05, 0) is 58.3 Å². The largest absolute Gasteiger partial charge is 0.390 e. The van der Waals surface area contributed by atoms with E-state index in [1.165, 1.54) is 0 Å². The highest BCUT2D eigenvalue weighted by Crippen LogP contribution is 2.60. The van der Waals surface area contributed by atoms with Crippen LogP contribution in [-0.2, 0) is 4.74 Å². The highest BCUT2D eigenvalue weighted by atomic mass is 16.5. The second-order valence-corrected chi connectivity index (χ2v) is 7.51. The lowest BCUT2D eigenvalue weighted by Crippen LogP contribution is -2.69. The maximum atomic E-state index is 10.8. The minimum Gasteiger partial charge on any atom is -0.390 e. The summed E-state index contributed by atoms with van der Waals surface area (Å²) in [7, 11) is 0. The minimum absolute atomic E-state index is 0.0380. The molecule has 0 amide bonds. The molecule has 3 rings (SSSR count). The molecule has 0 aromatic rings. The van der Waals surface area contributed by atoms with Crippen LogP contribution in [0.15, 0.2) is 0 Å². The van der Waals surface area contributed by atoms with E-state index in [0.29, 0.717) is 11.8 Å². The zero-order chi connectivity index (χ0) is 13.3. The van der Waals surface area contributed by atoms with Crippen molar-refractivity contribution in [3.8, 4) is 0 Å². The van der Waals surface area contributed by atoms with Crippen LogP contribution in [0.25, 0.3) is 0 Å². The van der Waals surface area contributed by atoms with Gasteiger partial charge in [-0.15, -0.1) is 0 Å². The lowest BCUT2D eigenvalue weighted by molar-refractivity contribution is -0.317. The van der Waals surface area contributed by atoms with Crippen molar-refractivity contribution < 1.29 is 14.9 Å². The van der Waals surface area contributed by atoms with Crippen LogP contribution in [0.1, 0.15) is 53.4 Å². The molecule has 0 spiro atoms. The van der Waals surface area contributed by atoms with Gasteiger partial charge < -0.3 is 14.9 Å². The van der Waals surface area contributed by atoms with Gasteiger partial charge in [-0.1, -0.05) is 6.92 Å². The zero-order valence-corrected chi connectivity index (χ0v) is 11.9. The fourth-order valence-electron chi connectivity index (χ4n) is 4.89. The molecule has 3 nitrogen and oxygen atoms in total. The Bertz CT molecular complexity index is 367. The van der Waals surface area contributed by atoms with Gasteiger partial charge in [0.05, 0.1) is 22.9 Å². The standard InChI is InChI=1S/C15H26O3/c1-9-5-8-14(3)10-6-7-13(2,17)11(10)12(16)15(9,4)18-14/h9-12,16-17H,5-8H2,1-4H3. The van der Waals surface area contributed by atoms with E-state index in [1.54, 1.807) is 0 Å². The third-order valence-corrected chi connectivity index (χ3v) is 6.33. The van der Waals surface area contributed by atoms with E-state index in [9.17, 15) is 10.2 Å². The highest BCUT2D eigenvalue weighted by molar-refractivity contribution is 5.15. The third kappa shape index (κ3) is 1.41. The van der Waals surface area contributed by atoms with Crippen molar-refractivity contribution in [2.75, 3.05) is 0 Å². The molecule has 1 saturated carbocycles. The smallest absolute Gasteiger partial charge is 0.0948 e. The molecule has 104 valence electrons. The monoisotopic (exact) mass is 254 g/mol. The minimum atomic E-state index is -0.743. The Morgan fingerprint density at radius 3 is 2.44 bits per heavy atom. The van der Waals surface area contributed by atoms with Gasteiger partial charge in [0.25, 0.3) is 0 Å². The number of rotatable bonds is 0. The average molecular weight is 254 g/mol. The molecule has 2 bridgehead atoms. The predicted octanol–water partition coefficient (Wildman–Crippen LogP) is 2.10. The van der Waals surface area contributed by atoms with Crippen LogP contribution in [0.2, 0.25) is 0 Å². The van der Waals surface area contributed by atoms with Crippen molar-refractivity contribution in [3.05, 3.63) is 0 Å². The molecule has 7 unspecified atom stereocenters. The first-order valence-electron chi connectivity index (χ1n) is 7.31. The molecular formula is C15H26O3. The van der Waals surface area contributed by atoms with E-state index in [2.05, 4.69) is 13.8 Å². The average Bonchev–Trinajstić information content (AvgIpc) is 2.59.